The number of aryl methyl sites for hydroxylation is 2. The Morgan fingerprint density at radius 3 is 0.619 bits per heavy atom. The molecule has 15 aromatic carbocycles. The van der Waals surface area contributed by atoms with E-state index < -0.39 is 0 Å². The number of fused-ring (bicyclic) bond motifs is 6. The quantitative estimate of drug-likeness (QED) is 0.0893. The molecule has 4 nitrogen and oxygen atoms in total. The van der Waals surface area contributed by atoms with Crippen molar-refractivity contribution in [3.63, 3.8) is 0 Å². The molecule has 0 N–H and O–H groups in total. The number of hydrogen-bond donors (Lipinski definition) is 0. The number of nitrogens with zero attached hydrogens (tertiary/aromatic N) is 4. The topological polar surface area (TPSA) is 13.0 Å². The van der Waals surface area contributed by atoms with E-state index in [0.717, 1.165) is 89.8 Å². The Morgan fingerprint density at radius 1 is 0.167 bits per heavy atom. The Labute approximate surface area is 490 Å². The van der Waals surface area contributed by atoms with Crippen LogP contribution in [0.4, 0.5) is 68.2 Å². The van der Waals surface area contributed by atoms with Crippen molar-refractivity contribution in [2.75, 3.05) is 19.6 Å². The van der Waals surface area contributed by atoms with Gasteiger partial charge in [-0.25, -0.2) is 0 Å². The molecule has 15 rings (SSSR count). The van der Waals surface area contributed by atoms with Crippen LogP contribution in [-0.4, -0.2) is 0 Å². The molecule has 0 spiro atoms. The minimum absolute atomic E-state index is 1.05. The number of benzene rings is 15. The molecule has 0 saturated heterocycles. The van der Waals surface area contributed by atoms with Crippen LogP contribution < -0.4 is 19.6 Å². The van der Waals surface area contributed by atoms with Gasteiger partial charge >= 0.3 is 0 Å². The summed E-state index contributed by atoms with van der Waals surface area (Å²) < 4.78 is 0. The van der Waals surface area contributed by atoms with E-state index in [9.17, 15) is 0 Å². The first-order valence-electron chi connectivity index (χ1n) is 28.9. The summed E-state index contributed by atoms with van der Waals surface area (Å²) >= 11 is 0. The zero-order valence-electron chi connectivity index (χ0n) is 46.8. The molecule has 0 aliphatic rings. The predicted octanol–water partition coefficient (Wildman–Crippen LogP) is 23.1. The molecule has 15 aromatic rings. The molecule has 0 saturated carbocycles. The third-order valence-corrected chi connectivity index (χ3v) is 16.7. The maximum Gasteiger partial charge on any atom is 0.0620 e. The van der Waals surface area contributed by atoms with Crippen LogP contribution in [0.15, 0.2) is 315 Å². The van der Waals surface area contributed by atoms with Crippen LogP contribution in [-0.2, 0) is 0 Å². The Kier molecular flexibility index (Phi) is 12.6. The fourth-order valence-electron chi connectivity index (χ4n) is 12.7. The van der Waals surface area contributed by atoms with Gasteiger partial charge in [-0.05, 0) is 132 Å². The lowest BCUT2D eigenvalue weighted by Crippen LogP contribution is -2.16. The summed E-state index contributed by atoms with van der Waals surface area (Å²) in [6.45, 7) is 4.30. The molecule has 0 radical (unpaired) electrons. The molecule has 0 amide bonds. The van der Waals surface area contributed by atoms with Gasteiger partial charge in [0.25, 0.3) is 0 Å². The van der Waals surface area contributed by atoms with Crippen LogP contribution in [0.3, 0.4) is 0 Å². The minimum Gasteiger partial charge on any atom is -0.310 e. The van der Waals surface area contributed by atoms with E-state index in [2.05, 4.69) is 349 Å². The molecule has 0 heterocycles. The SMILES string of the molecule is Cc1ccc(N(c2ccc(N(c3cccc4ccccc34)c3c4ccccc4c(N(c4ccc(N(c5ccc(C)cc5)c5cccc6ccccc56)cc4)c4cccc5ccccc45)c4ccccc34)cc2)c2cccc3ccccc23)cc1. The largest absolute Gasteiger partial charge is 0.310 e. The highest BCUT2D eigenvalue weighted by molar-refractivity contribution is 6.25. The van der Waals surface area contributed by atoms with Crippen molar-refractivity contribution in [1.82, 2.24) is 0 Å². The Hall–Kier alpha value is -10.9. The van der Waals surface area contributed by atoms with Gasteiger partial charge in [0.1, 0.15) is 0 Å². The number of hydrogen-bond acceptors (Lipinski definition) is 4. The van der Waals surface area contributed by atoms with E-state index in [0.29, 0.717) is 0 Å². The van der Waals surface area contributed by atoms with E-state index in [1.807, 2.05) is 0 Å². The Bertz CT molecular complexity index is 4540. The Morgan fingerprint density at radius 2 is 0.357 bits per heavy atom. The van der Waals surface area contributed by atoms with E-state index in [4.69, 9.17) is 0 Å². The summed E-state index contributed by atoms with van der Waals surface area (Å²) in [4.78, 5) is 9.81. The highest BCUT2D eigenvalue weighted by Gasteiger charge is 2.28. The lowest BCUT2D eigenvalue weighted by atomic mass is 9.94. The van der Waals surface area contributed by atoms with Gasteiger partial charge in [0, 0.05) is 77.2 Å². The van der Waals surface area contributed by atoms with Gasteiger partial charge in [-0.3, -0.25) is 0 Å². The van der Waals surface area contributed by atoms with Gasteiger partial charge in [-0.15, -0.1) is 0 Å². The average molecular weight is 1080 g/mol. The van der Waals surface area contributed by atoms with Crippen LogP contribution in [0.2, 0.25) is 0 Å². The summed E-state index contributed by atoms with van der Waals surface area (Å²) in [7, 11) is 0. The van der Waals surface area contributed by atoms with Crippen molar-refractivity contribution in [2.45, 2.75) is 13.8 Å². The molecule has 0 atom stereocenters. The molecular weight excluding hydrogens is 1020 g/mol. The third kappa shape index (κ3) is 8.80. The van der Waals surface area contributed by atoms with Crippen LogP contribution in [0.25, 0.3) is 64.6 Å². The minimum atomic E-state index is 1.05. The lowest BCUT2D eigenvalue weighted by Gasteiger charge is -2.34. The normalized spacial score (nSPS) is 11.5. The second kappa shape index (κ2) is 21.2. The zero-order valence-corrected chi connectivity index (χ0v) is 46.8. The number of anilines is 12. The second-order valence-electron chi connectivity index (χ2n) is 21.8. The van der Waals surface area contributed by atoms with Gasteiger partial charge < -0.3 is 19.6 Å². The van der Waals surface area contributed by atoms with Crippen molar-refractivity contribution in [3.05, 3.63) is 327 Å². The highest BCUT2D eigenvalue weighted by atomic mass is 15.2. The molecule has 0 aliphatic heterocycles. The smallest absolute Gasteiger partial charge is 0.0620 e. The van der Waals surface area contributed by atoms with Gasteiger partial charge in [0.15, 0.2) is 0 Å². The van der Waals surface area contributed by atoms with Gasteiger partial charge in [0.2, 0.25) is 0 Å². The second-order valence-corrected chi connectivity index (χ2v) is 21.8. The summed E-state index contributed by atoms with van der Waals surface area (Å²) in [5.74, 6) is 0. The zero-order chi connectivity index (χ0) is 56.1. The predicted molar refractivity (Wildman–Crippen MR) is 360 cm³/mol. The Balaban J connectivity index is 0.953. The van der Waals surface area contributed by atoms with E-state index in [-0.39, 0.29) is 0 Å². The fourth-order valence-corrected chi connectivity index (χ4v) is 12.7. The summed E-state index contributed by atoms with van der Waals surface area (Å²) in [5, 5.41) is 14.0. The lowest BCUT2D eigenvalue weighted by molar-refractivity contribution is 1.27. The van der Waals surface area contributed by atoms with Crippen LogP contribution in [0.1, 0.15) is 11.1 Å². The molecule has 4 heteroatoms. The van der Waals surface area contributed by atoms with E-state index >= 15 is 0 Å². The van der Waals surface area contributed by atoms with E-state index in [1.165, 1.54) is 54.2 Å². The van der Waals surface area contributed by atoms with Gasteiger partial charge in [0.05, 0.1) is 34.1 Å². The molecule has 0 bridgehead atoms. The highest BCUT2D eigenvalue weighted by Crippen LogP contribution is 2.54. The van der Waals surface area contributed by atoms with Gasteiger partial charge in [-0.2, -0.15) is 0 Å². The van der Waals surface area contributed by atoms with Crippen molar-refractivity contribution < 1.29 is 0 Å². The summed E-state index contributed by atoms with van der Waals surface area (Å²) in [6.07, 6.45) is 0. The first-order chi connectivity index (χ1) is 41.5. The molecule has 398 valence electrons. The fraction of sp³-hybridized carbons (Fsp3) is 0.0250. The van der Waals surface area contributed by atoms with Crippen molar-refractivity contribution in [1.29, 1.82) is 0 Å². The number of rotatable bonds is 12. The average Bonchev–Trinajstić information content (AvgIpc) is 2.01. The molecular formula is C80H58N4. The van der Waals surface area contributed by atoms with Crippen LogP contribution >= 0.6 is 0 Å². The molecule has 0 aromatic heterocycles. The van der Waals surface area contributed by atoms with Gasteiger partial charge in [-0.1, -0.05) is 230 Å². The van der Waals surface area contributed by atoms with E-state index in [1.54, 1.807) is 0 Å². The summed E-state index contributed by atoms with van der Waals surface area (Å²) in [6, 6.07) is 116. The molecule has 0 fully saturated rings. The van der Waals surface area contributed by atoms with Crippen LogP contribution in [0.5, 0.6) is 0 Å². The standard InChI is InChI=1S/C80H58N4/c1-55-39-43-61(44-40-55)81(75-35-15-23-57-19-3-7-27-67(57)75)63-47-51-65(52-48-63)83(77-37-17-25-59-21-5-9-29-69(59)77)79-71-31-11-13-33-73(71)80(74-34-14-12-32-72(74)79)84(78-38-18-26-60-22-6-10-30-70(60)78)66-53-49-64(50-54-66)82(62-45-41-56(2)42-46-62)76-36-16-24-58-20-4-8-28-68(58)76/h3-54H,1-2H3. The maximum atomic E-state index is 2.51. The third-order valence-electron chi connectivity index (χ3n) is 16.7. The molecule has 0 unspecified atom stereocenters. The molecule has 84 heavy (non-hydrogen) atoms. The van der Waals surface area contributed by atoms with Crippen molar-refractivity contribution >= 4 is 133 Å². The van der Waals surface area contributed by atoms with Crippen LogP contribution in [0, 0.1) is 13.8 Å². The first kappa shape index (κ1) is 50.1. The monoisotopic (exact) mass is 1070 g/mol. The molecule has 0 aliphatic carbocycles. The summed E-state index contributed by atoms with van der Waals surface area (Å²) in [5.41, 5.74) is 15.5. The first-order valence-corrected chi connectivity index (χ1v) is 28.9. The van der Waals surface area contributed by atoms with Crippen molar-refractivity contribution in [2.24, 2.45) is 0 Å². The van der Waals surface area contributed by atoms with Crippen molar-refractivity contribution in [3.8, 4) is 0 Å². The maximum absolute atomic E-state index is 2.51.